The maximum absolute atomic E-state index is 10.5. The number of hydrogen-bond acceptors (Lipinski definition) is 4. The van der Waals surface area contributed by atoms with Crippen molar-refractivity contribution in [1.29, 1.82) is 0 Å². The van der Waals surface area contributed by atoms with E-state index in [0.717, 1.165) is 11.5 Å². The van der Waals surface area contributed by atoms with Gasteiger partial charge in [-0.25, -0.2) is 13.1 Å². The fourth-order valence-corrected chi connectivity index (χ4v) is 1.38. The third kappa shape index (κ3) is 1.34. The Bertz CT molecular complexity index is 279. The van der Waals surface area contributed by atoms with Gasteiger partial charge in [0, 0.05) is 5.41 Å². The maximum Gasteiger partial charge on any atom is 0.256 e. The van der Waals surface area contributed by atoms with Crippen LogP contribution in [-0.2, 0) is 14.8 Å². The normalized spacial score (nSPS) is 29.7. The van der Waals surface area contributed by atoms with Gasteiger partial charge in [0.25, 0.3) is 15.9 Å². The number of nitrogens with two attached hydrogens (primary N) is 1. The molecule has 0 radical (unpaired) electrons. The standard InChI is InChI=1S/C4H6N2O3S/c5-3-1-2-10(8,9)6-4(3)7/h1-3H,5H2,(H,6,7). The summed E-state index contributed by atoms with van der Waals surface area (Å²) in [7, 11) is -3.52. The van der Waals surface area contributed by atoms with Crippen LogP contribution in [0, 0.1) is 0 Å². The van der Waals surface area contributed by atoms with Gasteiger partial charge in [-0.3, -0.25) is 4.79 Å². The highest BCUT2D eigenvalue weighted by Crippen LogP contribution is 1.97. The van der Waals surface area contributed by atoms with E-state index in [2.05, 4.69) is 0 Å². The zero-order valence-electron chi connectivity index (χ0n) is 4.94. The summed E-state index contributed by atoms with van der Waals surface area (Å²) in [6.45, 7) is 0. The summed E-state index contributed by atoms with van der Waals surface area (Å²) in [5.41, 5.74) is 5.14. The fourth-order valence-electron chi connectivity index (χ4n) is 0.518. The quantitative estimate of drug-likeness (QED) is 0.443. The van der Waals surface area contributed by atoms with Crippen LogP contribution in [0.1, 0.15) is 0 Å². The third-order valence-corrected chi connectivity index (χ3v) is 2.01. The zero-order chi connectivity index (χ0) is 7.78. The minimum absolute atomic E-state index is 0.692. The van der Waals surface area contributed by atoms with Gasteiger partial charge in [0.2, 0.25) is 0 Å². The van der Waals surface area contributed by atoms with E-state index >= 15 is 0 Å². The Morgan fingerprint density at radius 2 is 2.20 bits per heavy atom. The first-order valence-electron chi connectivity index (χ1n) is 2.52. The predicted octanol–water partition coefficient (Wildman–Crippen LogP) is -1.71. The Morgan fingerprint density at radius 1 is 1.60 bits per heavy atom. The molecule has 56 valence electrons. The van der Waals surface area contributed by atoms with Gasteiger partial charge in [-0.1, -0.05) is 0 Å². The number of nitrogens with one attached hydrogen (secondary N) is 1. The SMILES string of the molecule is NC1C=CS(=O)(=O)NC1=O. The molecule has 6 heteroatoms. The van der Waals surface area contributed by atoms with Gasteiger partial charge in [-0.2, -0.15) is 0 Å². The van der Waals surface area contributed by atoms with E-state index in [0.29, 0.717) is 0 Å². The van der Waals surface area contributed by atoms with Crippen LogP contribution in [-0.4, -0.2) is 20.4 Å². The van der Waals surface area contributed by atoms with E-state index < -0.39 is 22.0 Å². The van der Waals surface area contributed by atoms with Crippen molar-refractivity contribution in [3.63, 3.8) is 0 Å². The van der Waals surface area contributed by atoms with Gasteiger partial charge in [-0.05, 0) is 6.08 Å². The first-order valence-corrected chi connectivity index (χ1v) is 4.06. The van der Waals surface area contributed by atoms with Crippen LogP contribution < -0.4 is 10.5 Å². The number of carbonyl (C=O) groups excluding carboxylic acids is 1. The molecule has 5 nitrogen and oxygen atoms in total. The molecular weight excluding hydrogens is 156 g/mol. The molecule has 3 N–H and O–H groups in total. The highest BCUT2D eigenvalue weighted by molar-refractivity contribution is 7.93. The molecule has 0 aliphatic carbocycles. The van der Waals surface area contributed by atoms with Crippen molar-refractivity contribution < 1.29 is 13.2 Å². The van der Waals surface area contributed by atoms with Crippen molar-refractivity contribution in [3.8, 4) is 0 Å². The van der Waals surface area contributed by atoms with Crippen molar-refractivity contribution >= 4 is 15.9 Å². The smallest absolute Gasteiger partial charge is 0.256 e. The molecule has 1 amide bonds. The Kier molecular flexibility index (Phi) is 1.49. The summed E-state index contributed by atoms with van der Waals surface area (Å²) in [6.07, 6.45) is 1.13. The monoisotopic (exact) mass is 162 g/mol. The molecule has 0 spiro atoms. The Morgan fingerprint density at radius 3 is 2.60 bits per heavy atom. The molecule has 10 heavy (non-hydrogen) atoms. The Labute approximate surface area is 58.0 Å². The van der Waals surface area contributed by atoms with Crippen LogP contribution in [0.3, 0.4) is 0 Å². The summed E-state index contributed by atoms with van der Waals surface area (Å²) < 4.78 is 22.8. The van der Waals surface area contributed by atoms with Crippen LogP contribution in [0.2, 0.25) is 0 Å². The molecule has 1 atom stereocenters. The van der Waals surface area contributed by atoms with E-state index in [9.17, 15) is 13.2 Å². The second kappa shape index (κ2) is 2.06. The summed E-state index contributed by atoms with van der Waals surface area (Å²) in [6, 6.07) is -0.844. The summed E-state index contributed by atoms with van der Waals surface area (Å²) in [5.74, 6) is -0.692. The molecule has 1 aliphatic rings. The van der Waals surface area contributed by atoms with E-state index in [1.54, 1.807) is 4.72 Å². The van der Waals surface area contributed by atoms with Crippen molar-refractivity contribution in [2.24, 2.45) is 5.73 Å². The van der Waals surface area contributed by atoms with Crippen molar-refractivity contribution in [3.05, 3.63) is 11.5 Å². The van der Waals surface area contributed by atoms with Crippen LogP contribution in [0.25, 0.3) is 0 Å². The molecule has 1 rings (SSSR count). The minimum Gasteiger partial charge on any atom is -0.317 e. The van der Waals surface area contributed by atoms with Gasteiger partial charge in [0.1, 0.15) is 6.04 Å². The molecule has 0 bridgehead atoms. The van der Waals surface area contributed by atoms with Crippen LogP contribution in [0.15, 0.2) is 11.5 Å². The third-order valence-electron chi connectivity index (χ3n) is 1.01. The lowest BCUT2D eigenvalue weighted by Crippen LogP contribution is -2.44. The molecule has 0 aromatic heterocycles. The molecule has 1 unspecified atom stereocenters. The second-order valence-corrected chi connectivity index (χ2v) is 3.43. The van der Waals surface area contributed by atoms with E-state index in [1.807, 2.05) is 0 Å². The molecule has 0 saturated carbocycles. The molecule has 1 aliphatic heterocycles. The lowest BCUT2D eigenvalue weighted by molar-refractivity contribution is -0.119. The summed E-state index contributed by atoms with van der Waals surface area (Å²) >= 11 is 0. The topological polar surface area (TPSA) is 89.3 Å². The van der Waals surface area contributed by atoms with E-state index in [4.69, 9.17) is 5.73 Å². The number of amides is 1. The van der Waals surface area contributed by atoms with Crippen molar-refractivity contribution in [1.82, 2.24) is 4.72 Å². The van der Waals surface area contributed by atoms with Gasteiger partial charge >= 0.3 is 0 Å². The Balaban J connectivity index is 3.01. The molecule has 1 heterocycles. The van der Waals surface area contributed by atoms with Crippen LogP contribution >= 0.6 is 0 Å². The first kappa shape index (κ1) is 7.23. The van der Waals surface area contributed by atoms with E-state index in [-0.39, 0.29) is 0 Å². The summed E-state index contributed by atoms with van der Waals surface area (Å²) in [5, 5.41) is 0.874. The average Bonchev–Trinajstić information content (AvgIpc) is 1.79. The maximum atomic E-state index is 10.5. The van der Waals surface area contributed by atoms with Gasteiger partial charge < -0.3 is 5.73 Å². The largest absolute Gasteiger partial charge is 0.317 e. The van der Waals surface area contributed by atoms with E-state index in [1.165, 1.54) is 0 Å². The second-order valence-electron chi connectivity index (χ2n) is 1.87. The fraction of sp³-hybridized carbons (Fsp3) is 0.250. The zero-order valence-corrected chi connectivity index (χ0v) is 5.76. The minimum atomic E-state index is -3.52. The molecule has 0 aromatic rings. The molecule has 0 aromatic carbocycles. The van der Waals surface area contributed by atoms with Gasteiger partial charge in [0.05, 0.1) is 0 Å². The number of rotatable bonds is 0. The van der Waals surface area contributed by atoms with Crippen molar-refractivity contribution in [2.45, 2.75) is 6.04 Å². The number of carbonyl (C=O) groups is 1. The molecule has 0 fully saturated rings. The first-order chi connectivity index (χ1) is 4.51. The lowest BCUT2D eigenvalue weighted by atomic mass is 10.3. The average molecular weight is 162 g/mol. The Hall–Kier alpha value is -0.880. The van der Waals surface area contributed by atoms with Gasteiger partial charge in [-0.15, -0.1) is 0 Å². The van der Waals surface area contributed by atoms with Crippen LogP contribution in [0.4, 0.5) is 0 Å². The van der Waals surface area contributed by atoms with Gasteiger partial charge in [0.15, 0.2) is 0 Å². The highest BCUT2D eigenvalue weighted by Gasteiger charge is 2.21. The predicted molar refractivity (Wildman–Crippen MR) is 34.2 cm³/mol. The van der Waals surface area contributed by atoms with Crippen molar-refractivity contribution in [2.75, 3.05) is 0 Å². The number of hydrogen-bond donors (Lipinski definition) is 2. The highest BCUT2D eigenvalue weighted by atomic mass is 32.2. The summed E-state index contributed by atoms with van der Waals surface area (Å²) in [4.78, 5) is 10.5. The number of sulfonamides is 1. The lowest BCUT2D eigenvalue weighted by Gasteiger charge is -2.11. The molecular formula is C4H6N2O3S. The molecule has 0 saturated heterocycles. The van der Waals surface area contributed by atoms with Crippen LogP contribution in [0.5, 0.6) is 0 Å².